The SMILES string of the molecule is CCOC(=O)C(F)[C@@H](N)c1c(C)cccc1C. The minimum atomic E-state index is -1.82. The van der Waals surface area contributed by atoms with Crippen LogP contribution in [0.2, 0.25) is 0 Å². The van der Waals surface area contributed by atoms with Crippen LogP contribution < -0.4 is 5.73 Å². The highest BCUT2D eigenvalue weighted by Gasteiger charge is 2.29. The molecule has 0 aromatic heterocycles. The van der Waals surface area contributed by atoms with Gasteiger partial charge in [0.15, 0.2) is 0 Å². The number of ether oxygens (including phenoxy) is 1. The number of carbonyl (C=O) groups excluding carboxylic acids is 1. The number of hydrogen-bond donors (Lipinski definition) is 1. The molecular weight excluding hydrogens is 221 g/mol. The fraction of sp³-hybridized carbons (Fsp3) is 0.462. The lowest BCUT2D eigenvalue weighted by Crippen LogP contribution is -2.32. The van der Waals surface area contributed by atoms with Crippen LogP contribution in [0.15, 0.2) is 18.2 Å². The summed E-state index contributed by atoms with van der Waals surface area (Å²) in [6.07, 6.45) is -1.82. The Kier molecular flexibility index (Phi) is 4.63. The summed E-state index contributed by atoms with van der Waals surface area (Å²) in [5.74, 6) is -0.900. The van der Waals surface area contributed by atoms with Crippen molar-refractivity contribution in [3.8, 4) is 0 Å². The van der Waals surface area contributed by atoms with E-state index in [-0.39, 0.29) is 6.61 Å². The lowest BCUT2D eigenvalue weighted by Gasteiger charge is -2.19. The molecule has 1 aromatic carbocycles. The molecule has 0 spiro atoms. The molecule has 4 heteroatoms. The van der Waals surface area contributed by atoms with Crippen LogP contribution in [-0.2, 0) is 9.53 Å². The summed E-state index contributed by atoms with van der Waals surface area (Å²) in [6.45, 7) is 5.48. The summed E-state index contributed by atoms with van der Waals surface area (Å²) < 4.78 is 18.5. The summed E-state index contributed by atoms with van der Waals surface area (Å²) in [4.78, 5) is 11.3. The number of halogens is 1. The smallest absolute Gasteiger partial charge is 0.342 e. The molecule has 94 valence electrons. The number of esters is 1. The molecule has 1 aromatic rings. The molecule has 0 fully saturated rings. The van der Waals surface area contributed by atoms with Crippen LogP contribution in [0.4, 0.5) is 4.39 Å². The standard InChI is InChI=1S/C13H18FNO2/c1-4-17-13(16)11(14)12(15)10-8(2)6-5-7-9(10)3/h5-7,11-12H,4,15H2,1-3H3/t11?,12-/m0/s1. The topological polar surface area (TPSA) is 52.3 Å². The maximum atomic E-state index is 13.8. The number of benzene rings is 1. The van der Waals surface area contributed by atoms with Gasteiger partial charge in [0.1, 0.15) is 0 Å². The van der Waals surface area contributed by atoms with E-state index in [1.807, 2.05) is 32.0 Å². The molecule has 0 aliphatic heterocycles. The van der Waals surface area contributed by atoms with Crippen molar-refractivity contribution in [2.75, 3.05) is 6.61 Å². The van der Waals surface area contributed by atoms with Gasteiger partial charge in [0.25, 0.3) is 0 Å². The molecule has 2 atom stereocenters. The van der Waals surface area contributed by atoms with Crippen molar-refractivity contribution >= 4 is 5.97 Å². The van der Waals surface area contributed by atoms with E-state index in [2.05, 4.69) is 4.74 Å². The highest BCUT2D eigenvalue weighted by atomic mass is 19.1. The zero-order chi connectivity index (χ0) is 13.0. The number of alkyl halides is 1. The van der Waals surface area contributed by atoms with Crippen LogP contribution >= 0.6 is 0 Å². The molecule has 0 heterocycles. The Morgan fingerprint density at radius 1 is 1.41 bits per heavy atom. The average molecular weight is 239 g/mol. The molecule has 0 saturated heterocycles. The molecule has 0 bridgehead atoms. The molecule has 3 nitrogen and oxygen atoms in total. The third kappa shape index (κ3) is 3.03. The van der Waals surface area contributed by atoms with Gasteiger partial charge in [-0.25, -0.2) is 9.18 Å². The molecule has 17 heavy (non-hydrogen) atoms. The van der Waals surface area contributed by atoms with Crippen LogP contribution in [0, 0.1) is 13.8 Å². The van der Waals surface area contributed by atoms with E-state index < -0.39 is 18.2 Å². The number of nitrogens with two attached hydrogens (primary N) is 1. The Bertz CT molecular complexity index is 386. The van der Waals surface area contributed by atoms with Crippen LogP contribution in [0.25, 0.3) is 0 Å². The second-order valence-corrected chi connectivity index (χ2v) is 3.99. The molecule has 0 saturated carbocycles. The molecule has 2 N–H and O–H groups in total. The first-order chi connectivity index (χ1) is 7.99. The zero-order valence-electron chi connectivity index (χ0n) is 10.4. The van der Waals surface area contributed by atoms with Crippen molar-refractivity contribution in [1.29, 1.82) is 0 Å². The highest BCUT2D eigenvalue weighted by molar-refractivity contribution is 5.76. The molecule has 0 aliphatic carbocycles. The quantitative estimate of drug-likeness (QED) is 0.819. The van der Waals surface area contributed by atoms with Crippen molar-refractivity contribution in [3.05, 3.63) is 34.9 Å². The van der Waals surface area contributed by atoms with Crippen molar-refractivity contribution < 1.29 is 13.9 Å². The van der Waals surface area contributed by atoms with Crippen LogP contribution in [0.5, 0.6) is 0 Å². The zero-order valence-corrected chi connectivity index (χ0v) is 10.4. The van der Waals surface area contributed by atoms with E-state index in [9.17, 15) is 9.18 Å². The molecular formula is C13H18FNO2. The minimum Gasteiger partial charge on any atom is -0.464 e. The first-order valence-corrected chi connectivity index (χ1v) is 5.61. The first-order valence-electron chi connectivity index (χ1n) is 5.61. The number of aryl methyl sites for hydroxylation is 2. The Labute approximate surface area is 101 Å². The van der Waals surface area contributed by atoms with E-state index in [1.165, 1.54) is 0 Å². The monoisotopic (exact) mass is 239 g/mol. The van der Waals surface area contributed by atoms with Crippen LogP contribution in [-0.4, -0.2) is 18.7 Å². The van der Waals surface area contributed by atoms with E-state index in [0.29, 0.717) is 5.56 Å². The highest BCUT2D eigenvalue weighted by Crippen LogP contribution is 2.24. The normalized spacial score (nSPS) is 14.2. The molecule has 1 rings (SSSR count). The van der Waals surface area contributed by atoms with Gasteiger partial charge >= 0.3 is 5.97 Å². The first kappa shape index (κ1) is 13.6. The Balaban J connectivity index is 2.96. The van der Waals surface area contributed by atoms with Gasteiger partial charge in [0, 0.05) is 0 Å². The third-order valence-electron chi connectivity index (χ3n) is 2.70. The second kappa shape index (κ2) is 5.77. The van der Waals surface area contributed by atoms with Gasteiger partial charge in [0.05, 0.1) is 12.6 Å². The van der Waals surface area contributed by atoms with E-state index >= 15 is 0 Å². The van der Waals surface area contributed by atoms with Crippen LogP contribution in [0.3, 0.4) is 0 Å². The fourth-order valence-corrected chi connectivity index (χ4v) is 1.87. The Morgan fingerprint density at radius 3 is 2.41 bits per heavy atom. The van der Waals surface area contributed by atoms with Gasteiger partial charge in [-0.15, -0.1) is 0 Å². The maximum absolute atomic E-state index is 13.8. The van der Waals surface area contributed by atoms with Gasteiger partial charge in [0.2, 0.25) is 6.17 Å². The van der Waals surface area contributed by atoms with E-state index in [1.54, 1.807) is 6.92 Å². The predicted molar refractivity (Wildman–Crippen MR) is 64.4 cm³/mol. The van der Waals surface area contributed by atoms with Gasteiger partial charge in [-0.05, 0) is 37.5 Å². The second-order valence-electron chi connectivity index (χ2n) is 3.99. The average Bonchev–Trinajstić information content (AvgIpc) is 2.27. The molecule has 0 amide bonds. The Hall–Kier alpha value is -1.42. The maximum Gasteiger partial charge on any atom is 0.342 e. The lowest BCUT2D eigenvalue weighted by molar-refractivity contribution is -0.149. The molecule has 0 aliphatic rings. The van der Waals surface area contributed by atoms with Crippen LogP contribution in [0.1, 0.15) is 29.7 Å². The van der Waals surface area contributed by atoms with Gasteiger partial charge in [-0.1, -0.05) is 18.2 Å². The van der Waals surface area contributed by atoms with Crippen molar-refractivity contribution in [2.24, 2.45) is 5.73 Å². The number of carbonyl (C=O) groups is 1. The summed E-state index contributed by atoms with van der Waals surface area (Å²) in [7, 11) is 0. The molecule has 1 unspecified atom stereocenters. The number of rotatable bonds is 4. The van der Waals surface area contributed by atoms with E-state index in [0.717, 1.165) is 11.1 Å². The van der Waals surface area contributed by atoms with Gasteiger partial charge in [-0.3, -0.25) is 0 Å². The summed E-state index contributed by atoms with van der Waals surface area (Å²) in [5, 5.41) is 0. The predicted octanol–water partition coefficient (Wildman–Crippen LogP) is 2.20. The summed E-state index contributed by atoms with van der Waals surface area (Å²) >= 11 is 0. The summed E-state index contributed by atoms with van der Waals surface area (Å²) in [5.41, 5.74) is 8.23. The Morgan fingerprint density at radius 2 is 1.94 bits per heavy atom. The third-order valence-corrected chi connectivity index (χ3v) is 2.70. The van der Waals surface area contributed by atoms with Crippen molar-refractivity contribution in [1.82, 2.24) is 0 Å². The molecule has 0 radical (unpaired) electrons. The van der Waals surface area contributed by atoms with E-state index in [4.69, 9.17) is 5.73 Å². The summed E-state index contributed by atoms with van der Waals surface area (Å²) in [6, 6.07) is 4.59. The minimum absolute atomic E-state index is 0.152. The van der Waals surface area contributed by atoms with Crippen molar-refractivity contribution in [3.63, 3.8) is 0 Å². The van der Waals surface area contributed by atoms with Gasteiger partial charge in [-0.2, -0.15) is 0 Å². The van der Waals surface area contributed by atoms with Gasteiger partial charge < -0.3 is 10.5 Å². The largest absolute Gasteiger partial charge is 0.464 e. The fourth-order valence-electron chi connectivity index (χ4n) is 1.87. The lowest BCUT2D eigenvalue weighted by atomic mass is 9.94. The van der Waals surface area contributed by atoms with Crippen molar-refractivity contribution in [2.45, 2.75) is 33.0 Å². The number of hydrogen-bond acceptors (Lipinski definition) is 3.